The summed E-state index contributed by atoms with van der Waals surface area (Å²) in [6, 6.07) is 6.93. The fourth-order valence-corrected chi connectivity index (χ4v) is 1.88. The summed E-state index contributed by atoms with van der Waals surface area (Å²) in [6.07, 6.45) is 0.394. The molecule has 0 bridgehead atoms. The summed E-state index contributed by atoms with van der Waals surface area (Å²) in [5.41, 5.74) is 6.23. The van der Waals surface area contributed by atoms with Gasteiger partial charge in [0.1, 0.15) is 17.4 Å². The third-order valence-electron chi connectivity index (χ3n) is 2.65. The molecule has 0 aliphatic rings. The summed E-state index contributed by atoms with van der Waals surface area (Å²) in [5, 5.41) is 0. The van der Waals surface area contributed by atoms with Crippen LogP contribution in [0.3, 0.4) is 0 Å². The normalized spacial score (nSPS) is 12.2. The summed E-state index contributed by atoms with van der Waals surface area (Å²) in [6.45, 7) is 1.77. The van der Waals surface area contributed by atoms with E-state index in [-0.39, 0.29) is 17.5 Å². The van der Waals surface area contributed by atoms with E-state index in [4.69, 9.17) is 10.5 Å². The standard InChI is InChI=1S/C15H14F3NO/c1-9(19)5-10-3-2-4-14(18)15(10)20-13-7-11(16)6-12(17)8-13/h2-4,6-9H,5,19H2,1H3. The molecule has 0 radical (unpaired) electrons. The number of hydrogen-bond donors (Lipinski definition) is 1. The number of benzene rings is 2. The number of ether oxygens (including phenoxy) is 1. The molecule has 0 saturated heterocycles. The minimum atomic E-state index is -0.787. The zero-order valence-electron chi connectivity index (χ0n) is 10.9. The van der Waals surface area contributed by atoms with Gasteiger partial charge in [0.05, 0.1) is 0 Å². The Kier molecular flexibility index (Phi) is 4.29. The van der Waals surface area contributed by atoms with Gasteiger partial charge in [-0.3, -0.25) is 0 Å². The predicted molar refractivity (Wildman–Crippen MR) is 70.2 cm³/mol. The molecule has 0 saturated carbocycles. The van der Waals surface area contributed by atoms with Crippen LogP contribution in [0.1, 0.15) is 12.5 Å². The van der Waals surface area contributed by atoms with Crippen molar-refractivity contribution < 1.29 is 17.9 Å². The van der Waals surface area contributed by atoms with Crippen molar-refractivity contribution in [3.8, 4) is 11.5 Å². The van der Waals surface area contributed by atoms with E-state index < -0.39 is 17.5 Å². The Morgan fingerprint density at radius 3 is 2.35 bits per heavy atom. The molecule has 0 heterocycles. The lowest BCUT2D eigenvalue weighted by Gasteiger charge is -2.13. The van der Waals surface area contributed by atoms with Crippen molar-refractivity contribution in [2.45, 2.75) is 19.4 Å². The third-order valence-corrected chi connectivity index (χ3v) is 2.65. The van der Waals surface area contributed by atoms with Gasteiger partial charge in [-0.2, -0.15) is 0 Å². The Morgan fingerprint density at radius 2 is 1.75 bits per heavy atom. The highest BCUT2D eigenvalue weighted by Gasteiger charge is 2.13. The van der Waals surface area contributed by atoms with Gasteiger partial charge in [0, 0.05) is 24.2 Å². The Balaban J connectivity index is 2.36. The van der Waals surface area contributed by atoms with Crippen molar-refractivity contribution in [1.82, 2.24) is 0 Å². The van der Waals surface area contributed by atoms with E-state index in [1.54, 1.807) is 13.0 Å². The maximum atomic E-state index is 13.8. The molecule has 0 aromatic heterocycles. The van der Waals surface area contributed by atoms with Gasteiger partial charge < -0.3 is 10.5 Å². The van der Waals surface area contributed by atoms with Crippen LogP contribution in [-0.2, 0) is 6.42 Å². The first-order valence-electron chi connectivity index (χ1n) is 6.12. The van der Waals surface area contributed by atoms with Crippen LogP contribution in [0.25, 0.3) is 0 Å². The first-order valence-corrected chi connectivity index (χ1v) is 6.12. The fourth-order valence-electron chi connectivity index (χ4n) is 1.88. The third kappa shape index (κ3) is 3.51. The molecule has 0 amide bonds. The molecular formula is C15H14F3NO. The van der Waals surface area contributed by atoms with E-state index in [1.807, 2.05) is 0 Å². The SMILES string of the molecule is CC(N)Cc1cccc(F)c1Oc1cc(F)cc(F)c1. The number of nitrogens with two attached hydrogens (primary N) is 1. The van der Waals surface area contributed by atoms with Crippen LogP contribution >= 0.6 is 0 Å². The molecule has 1 unspecified atom stereocenters. The molecule has 0 aliphatic carbocycles. The van der Waals surface area contributed by atoms with E-state index in [1.165, 1.54) is 12.1 Å². The number of rotatable bonds is 4. The number of para-hydroxylation sites is 1. The predicted octanol–water partition coefficient (Wildman–Crippen LogP) is 3.79. The Hall–Kier alpha value is -2.01. The van der Waals surface area contributed by atoms with Crippen LogP contribution in [0.2, 0.25) is 0 Å². The van der Waals surface area contributed by atoms with Crippen molar-refractivity contribution in [2.24, 2.45) is 5.73 Å². The van der Waals surface area contributed by atoms with E-state index >= 15 is 0 Å². The first-order chi connectivity index (χ1) is 9.45. The highest BCUT2D eigenvalue weighted by atomic mass is 19.1. The smallest absolute Gasteiger partial charge is 0.166 e. The van der Waals surface area contributed by atoms with Crippen LogP contribution in [0, 0.1) is 17.5 Å². The van der Waals surface area contributed by atoms with Crippen molar-refractivity contribution in [2.75, 3.05) is 0 Å². The molecule has 2 aromatic rings. The van der Waals surface area contributed by atoms with Crippen LogP contribution in [0.5, 0.6) is 11.5 Å². The Bertz CT molecular complexity index is 594. The van der Waals surface area contributed by atoms with Crippen LogP contribution in [0.4, 0.5) is 13.2 Å². The highest BCUT2D eigenvalue weighted by Crippen LogP contribution is 2.30. The molecule has 2 rings (SSSR count). The Morgan fingerprint density at radius 1 is 1.10 bits per heavy atom. The van der Waals surface area contributed by atoms with Gasteiger partial charge in [0.2, 0.25) is 0 Å². The second kappa shape index (κ2) is 5.96. The van der Waals surface area contributed by atoms with Gasteiger partial charge in [-0.25, -0.2) is 13.2 Å². The van der Waals surface area contributed by atoms with E-state index in [0.717, 1.165) is 18.2 Å². The minimum absolute atomic E-state index is 0.0604. The van der Waals surface area contributed by atoms with E-state index in [2.05, 4.69) is 0 Å². The van der Waals surface area contributed by atoms with Gasteiger partial charge in [-0.1, -0.05) is 12.1 Å². The molecule has 2 nitrogen and oxygen atoms in total. The molecular weight excluding hydrogens is 267 g/mol. The largest absolute Gasteiger partial charge is 0.454 e. The summed E-state index contributed by atoms with van der Waals surface area (Å²) in [4.78, 5) is 0. The molecule has 2 aromatic carbocycles. The average Bonchev–Trinajstić information content (AvgIpc) is 2.31. The van der Waals surface area contributed by atoms with Crippen molar-refractivity contribution >= 4 is 0 Å². The molecule has 106 valence electrons. The van der Waals surface area contributed by atoms with Crippen LogP contribution < -0.4 is 10.5 Å². The molecule has 1 atom stereocenters. The molecule has 5 heteroatoms. The van der Waals surface area contributed by atoms with Gasteiger partial charge >= 0.3 is 0 Å². The molecule has 0 spiro atoms. The zero-order chi connectivity index (χ0) is 14.7. The topological polar surface area (TPSA) is 35.2 Å². The second-order valence-electron chi connectivity index (χ2n) is 4.62. The van der Waals surface area contributed by atoms with Crippen LogP contribution in [-0.4, -0.2) is 6.04 Å². The number of halogens is 3. The summed E-state index contributed by atoms with van der Waals surface area (Å²) in [7, 11) is 0. The van der Waals surface area contributed by atoms with Gasteiger partial charge in [0.15, 0.2) is 11.6 Å². The maximum absolute atomic E-state index is 13.8. The first kappa shape index (κ1) is 14.4. The molecule has 0 fully saturated rings. The summed E-state index contributed by atoms with van der Waals surface area (Å²) in [5.74, 6) is -2.34. The lowest BCUT2D eigenvalue weighted by Crippen LogP contribution is -2.18. The van der Waals surface area contributed by atoms with E-state index in [9.17, 15) is 13.2 Å². The average molecular weight is 281 g/mol. The van der Waals surface area contributed by atoms with Gasteiger partial charge in [0.25, 0.3) is 0 Å². The van der Waals surface area contributed by atoms with Crippen molar-refractivity contribution in [3.05, 3.63) is 59.4 Å². The molecule has 20 heavy (non-hydrogen) atoms. The minimum Gasteiger partial charge on any atom is -0.454 e. The lowest BCUT2D eigenvalue weighted by molar-refractivity contribution is 0.427. The van der Waals surface area contributed by atoms with Gasteiger partial charge in [-0.15, -0.1) is 0 Å². The van der Waals surface area contributed by atoms with Crippen molar-refractivity contribution in [1.29, 1.82) is 0 Å². The summed E-state index contributed by atoms with van der Waals surface area (Å²) >= 11 is 0. The van der Waals surface area contributed by atoms with Crippen LogP contribution in [0.15, 0.2) is 36.4 Å². The molecule has 0 aliphatic heterocycles. The number of hydrogen-bond acceptors (Lipinski definition) is 2. The van der Waals surface area contributed by atoms with Gasteiger partial charge in [-0.05, 0) is 25.0 Å². The van der Waals surface area contributed by atoms with E-state index in [0.29, 0.717) is 12.0 Å². The second-order valence-corrected chi connectivity index (χ2v) is 4.62. The monoisotopic (exact) mass is 281 g/mol. The lowest BCUT2D eigenvalue weighted by atomic mass is 10.1. The molecule has 2 N–H and O–H groups in total. The highest BCUT2D eigenvalue weighted by molar-refractivity contribution is 5.39. The van der Waals surface area contributed by atoms with Crippen molar-refractivity contribution in [3.63, 3.8) is 0 Å². The summed E-state index contributed by atoms with van der Waals surface area (Å²) < 4.78 is 45.3. The zero-order valence-corrected chi connectivity index (χ0v) is 10.9. The fraction of sp³-hybridized carbons (Fsp3) is 0.200. The quantitative estimate of drug-likeness (QED) is 0.925. The maximum Gasteiger partial charge on any atom is 0.166 e. The Labute approximate surface area is 115 Å².